The summed E-state index contributed by atoms with van der Waals surface area (Å²) in [6, 6.07) is 3.71. The van der Waals surface area contributed by atoms with E-state index in [4.69, 9.17) is 0 Å². The molecule has 0 unspecified atom stereocenters. The predicted molar refractivity (Wildman–Crippen MR) is 71.6 cm³/mol. The molecule has 94 valence electrons. The quantitative estimate of drug-likeness (QED) is 0.840. The third-order valence-electron chi connectivity index (χ3n) is 2.31. The van der Waals surface area contributed by atoms with Gasteiger partial charge in [-0.25, -0.2) is 4.31 Å². The number of carbonyl (C=O) groups excluding carboxylic acids is 1. The number of rotatable bonds is 3. The molecule has 4 nitrogen and oxygen atoms in total. The molecule has 1 N–H and O–H groups in total. The summed E-state index contributed by atoms with van der Waals surface area (Å²) < 4.78 is 4.89. The molecule has 2 heterocycles. The molecule has 0 saturated carbocycles. The van der Waals surface area contributed by atoms with Crippen molar-refractivity contribution >= 4 is 18.0 Å². The van der Waals surface area contributed by atoms with Gasteiger partial charge in [-0.1, -0.05) is 19.9 Å². The summed E-state index contributed by atoms with van der Waals surface area (Å²) >= 11 is 1.37. The molecule has 1 aromatic heterocycles. The van der Waals surface area contributed by atoms with Crippen LogP contribution in [0.5, 0.6) is 0 Å². The molecule has 0 bridgehead atoms. The minimum absolute atomic E-state index is 0.120. The van der Waals surface area contributed by atoms with Crippen LogP contribution in [0.1, 0.15) is 36.3 Å². The van der Waals surface area contributed by atoms with Gasteiger partial charge < -0.3 is 0 Å². The summed E-state index contributed by atoms with van der Waals surface area (Å²) in [5.41, 5.74) is 1.41. The Kier molecular flexibility index (Phi) is 6.00. The van der Waals surface area contributed by atoms with Gasteiger partial charge in [0.15, 0.2) is 0 Å². The van der Waals surface area contributed by atoms with Crippen LogP contribution < -0.4 is 4.72 Å². The van der Waals surface area contributed by atoms with Gasteiger partial charge in [-0.05, 0) is 25.0 Å². The molecular weight excluding hydrogens is 234 g/mol. The van der Waals surface area contributed by atoms with Crippen molar-refractivity contribution in [2.45, 2.75) is 27.2 Å². The average Bonchev–Trinajstić information content (AvgIpc) is 2.30. The molecule has 1 amide bonds. The van der Waals surface area contributed by atoms with Gasteiger partial charge in [0.1, 0.15) is 5.69 Å². The number of hydrogen-bond donors (Lipinski definition) is 1. The first-order valence-electron chi connectivity index (χ1n) is 5.91. The van der Waals surface area contributed by atoms with E-state index in [0.29, 0.717) is 5.69 Å². The van der Waals surface area contributed by atoms with Crippen molar-refractivity contribution in [3.63, 3.8) is 0 Å². The molecular formula is C12H19N3OS. The highest BCUT2D eigenvalue weighted by molar-refractivity contribution is 7.95. The molecule has 1 saturated heterocycles. The summed E-state index contributed by atoms with van der Waals surface area (Å²) in [5.74, 6) is -0.120. The molecule has 1 aliphatic rings. The number of pyridine rings is 1. The largest absolute Gasteiger partial charge is 0.281 e. The normalized spacial score (nSPS) is 14.3. The van der Waals surface area contributed by atoms with E-state index < -0.39 is 0 Å². The Hall–Kier alpha value is -1.07. The topological polar surface area (TPSA) is 45.2 Å². The fourth-order valence-corrected chi connectivity index (χ4v) is 2.01. The number of nitrogens with one attached hydrogen (secondary N) is 1. The zero-order valence-corrected chi connectivity index (χ0v) is 11.4. The summed E-state index contributed by atoms with van der Waals surface area (Å²) in [6.07, 6.45) is 2.85. The molecule has 2 rings (SSSR count). The van der Waals surface area contributed by atoms with Crippen LogP contribution >= 0.6 is 12.1 Å². The number of carbonyl (C=O) groups is 1. The maximum atomic E-state index is 11.7. The number of aryl methyl sites for hydroxylation is 1. The second-order valence-electron chi connectivity index (χ2n) is 3.47. The minimum Gasteiger partial charge on any atom is -0.281 e. The van der Waals surface area contributed by atoms with E-state index >= 15 is 0 Å². The molecule has 1 aliphatic heterocycles. The lowest BCUT2D eigenvalue weighted by Crippen LogP contribution is -2.35. The fraction of sp³-hybridized carbons (Fsp3) is 0.500. The Balaban J connectivity index is 0.000000686. The van der Waals surface area contributed by atoms with Gasteiger partial charge in [-0.15, -0.1) is 0 Å². The maximum absolute atomic E-state index is 11.7. The fourth-order valence-electron chi connectivity index (χ4n) is 1.26. The van der Waals surface area contributed by atoms with Gasteiger partial charge in [0.2, 0.25) is 0 Å². The number of hydrogen-bond acceptors (Lipinski definition) is 4. The predicted octanol–water partition coefficient (Wildman–Crippen LogP) is 2.41. The number of amides is 1. The lowest BCUT2D eigenvalue weighted by Gasteiger charge is -2.28. The van der Waals surface area contributed by atoms with Crippen molar-refractivity contribution in [1.82, 2.24) is 14.0 Å². The smallest absolute Gasteiger partial charge is 0.280 e. The Morgan fingerprint density at radius 2 is 2.18 bits per heavy atom. The van der Waals surface area contributed by atoms with E-state index in [1.807, 2.05) is 32.9 Å². The van der Waals surface area contributed by atoms with E-state index in [1.165, 1.54) is 18.6 Å². The number of aromatic nitrogens is 1. The SMILES string of the molecule is CC.Cc1cccnc1C(=O)NSN1CCC1. The van der Waals surface area contributed by atoms with Gasteiger partial charge in [-0.3, -0.25) is 14.5 Å². The first kappa shape index (κ1) is 14.0. The summed E-state index contributed by atoms with van der Waals surface area (Å²) in [5, 5.41) is 0. The molecule has 0 aliphatic carbocycles. The lowest BCUT2D eigenvalue weighted by molar-refractivity contribution is 0.0977. The molecule has 0 atom stereocenters. The van der Waals surface area contributed by atoms with E-state index in [0.717, 1.165) is 18.7 Å². The van der Waals surface area contributed by atoms with E-state index in [2.05, 4.69) is 14.0 Å². The standard InChI is InChI=1S/C10H13N3OS.C2H6/c1-8-4-2-5-11-9(8)10(14)12-15-13-6-3-7-13;1-2/h2,4-5H,3,6-7H2,1H3,(H,12,14);1-2H3. The molecule has 0 radical (unpaired) electrons. The number of nitrogens with zero attached hydrogens (tertiary/aromatic N) is 2. The van der Waals surface area contributed by atoms with Crippen LogP contribution in [0.25, 0.3) is 0 Å². The van der Waals surface area contributed by atoms with Gasteiger partial charge in [0, 0.05) is 31.4 Å². The highest BCUT2D eigenvalue weighted by Crippen LogP contribution is 2.16. The van der Waals surface area contributed by atoms with Gasteiger partial charge in [0.05, 0.1) is 0 Å². The molecule has 1 aromatic rings. The van der Waals surface area contributed by atoms with Crippen LogP contribution in [-0.4, -0.2) is 28.3 Å². The van der Waals surface area contributed by atoms with Crippen molar-refractivity contribution in [3.05, 3.63) is 29.6 Å². The third kappa shape index (κ3) is 4.02. The van der Waals surface area contributed by atoms with Crippen molar-refractivity contribution in [1.29, 1.82) is 0 Å². The monoisotopic (exact) mass is 253 g/mol. The highest BCUT2D eigenvalue weighted by atomic mass is 32.2. The van der Waals surface area contributed by atoms with Crippen molar-refractivity contribution < 1.29 is 4.79 Å². The molecule has 1 fully saturated rings. The van der Waals surface area contributed by atoms with Crippen LogP contribution in [0, 0.1) is 6.92 Å². The van der Waals surface area contributed by atoms with Crippen LogP contribution in [0.2, 0.25) is 0 Å². The first-order valence-corrected chi connectivity index (χ1v) is 6.68. The highest BCUT2D eigenvalue weighted by Gasteiger charge is 2.17. The zero-order valence-electron chi connectivity index (χ0n) is 10.6. The Bertz CT molecular complexity index is 367. The first-order chi connectivity index (χ1) is 8.27. The second-order valence-corrected chi connectivity index (χ2v) is 4.38. The van der Waals surface area contributed by atoms with Crippen molar-refractivity contribution in [2.24, 2.45) is 0 Å². The lowest BCUT2D eigenvalue weighted by atomic mass is 10.2. The van der Waals surface area contributed by atoms with Gasteiger partial charge in [-0.2, -0.15) is 0 Å². The van der Waals surface area contributed by atoms with E-state index in [1.54, 1.807) is 6.20 Å². The minimum atomic E-state index is -0.120. The summed E-state index contributed by atoms with van der Waals surface area (Å²) in [4.78, 5) is 15.7. The summed E-state index contributed by atoms with van der Waals surface area (Å²) in [6.45, 7) is 7.98. The van der Waals surface area contributed by atoms with Crippen molar-refractivity contribution in [3.8, 4) is 0 Å². The molecule has 0 aromatic carbocycles. The van der Waals surface area contributed by atoms with Gasteiger partial charge in [0.25, 0.3) is 5.91 Å². The van der Waals surface area contributed by atoms with Crippen molar-refractivity contribution in [2.75, 3.05) is 13.1 Å². The van der Waals surface area contributed by atoms with E-state index in [9.17, 15) is 4.79 Å². The zero-order chi connectivity index (χ0) is 12.7. The summed E-state index contributed by atoms with van der Waals surface area (Å²) in [7, 11) is 0. The molecule has 5 heteroatoms. The third-order valence-corrected chi connectivity index (χ3v) is 3.21. The Labute approximate surface area is 107 Å². The molecule has 0 spiro atoms. The van der Waals surface area contributed by atoms with Crippen LogP contribution in [0.3, 0.4) is 0 Å². The average molecular weight is 253 g/mol. The molecule has 17 heavy (non-hydrogen) atoms. The Morgan fingerprint density at radius 3 is 2.71 bits per heavy atom. The van der Waals surface area contributed by atoms with Crippen LogP contribution in [0.15, 0.2) is 18.3 Å². The second kappa shape index (κ2) is 7.29. The van der Waals surface area contributed by atoms with Gasteiger partial charge >= 0.3 is 0 Å². The maximum Gasteiger partial charge on any atom is 0.280 e. The van der Waals surface area contributed by atoms with Crippen LogP contribution in [0.4, 0.5) is 0 Å². The van der Waals surface area contributed by atoms with Crippen LogP contribution in [-0.2, 0) is 0 Å². The van der Waals surface area contributed by atoms with E-state index in [-0.39, 0.29) is 5.91 Å². The Morgan fingerprint density at radius 1 is 1.47 bits per heavy atom.